The molecule has 1 fully saturated rings. The fourth-order valence-corrected chi connectivity index (χ4v) is 4.29. The van der Waals surface area contributed by atoms with Crippen LogP contribution in [0.15, 0.2) is 34.4 Å². The first-order valence-electron chi connectivity index (χ1n) is 10.7. The van der Waals surface area contributed by atoms with Crippen molar-refractivity contribution in [2.45, 2.75) is 25.8 Å². The molecule has 0 amide bonds. The molecule has 6 nitrogen and oxygen atoms in total. The zero-order valence-corrected chi connectivity index (χ0v) is 18.8. The zero-order chi connectivity index (χ0) is 23.5. The Hall–Kier alpha value is -2.62. The Bertz CT molecular complexity index is 1100. The Morgan fingerprint density at radius 1 is 1.21 bits per heavy atom. The summed E-state index contributed by atoms with van der Waals surface area (Å²) in [5, 5.41) is 15.8. The van der Waals surface area contributed by atoms with Gasteiger partial charge >= 0.3 is 0 Å². The Kier molecular flexibility index (Phi) is 7.21. The summed E-state index contributed by atoms with van der Waals surface area (Å²) in [6, 6.07) is 5.27. The molecular weight excluding hydrogens is 457 g/mol. The highest BCUT2D eigenvalue weighted by molar-refractivity contribution is 6.30. The van der Waals surface area contributed by atoms with Gasteiger partial charge in [-0.1, -0.05) is 22.8 Å². The lowest BCUT2D eigenvalue weighted by Gasteiger charge is -2.31. The van der Waals surface area contributed by atoms with Crippen LogP contribution in [0, 0.1) is 17.5 Å². The van der Waals surface area contributed by atoms with Crippen LogP contribution in [0.2, 0.25) is 5.02 Å². The Morgan fingerprint density at radius 3 is 2.67 bits per heavy atom. The molecule has 10 heteroatoms. The van der Waals surface area contributed by atoms with E-state index in [0.717, 1.165) is 19.2 Å². The number of benzene rings is 2. The highest BCUT2D eigenvalue weighted by Crippen LogP contribution is 2.33. The molecule has 1 unspecified atom stereocenters. The number of ether oxygens (including phenoxy) is 1. The smallest absolute Gasteiger partial charge is 0.182 e. The quantitative estimate of drug-likeness (QED) is 0.368. The topological polar surface area (TPSA) is 69.5 Å². The lowest BCUT2D eigenvalue weighted by atomic mass is 9.95. The van der Waals surface area contributed by atoms with E-state index < -0.39 is 17.5 Å². The first kappa shape index (κ1) is 23.5. The van der Waals surface area contributed by atoms with Gasteiger partial charge in [0.15, 0.2) is 11.6 Å². The molecule has 1 atom stereocenters. The molecular formula is C23H24ClF3N4O2. The van der Waals surface area contributed by atoms with Gasteiger partial charge in [0.2, 0.25) is 0 Å². The van der Waals surface area contributed by atoms with Gasteiger partial charge in [0.1, 0.15) is 11.7 Å². The molecule has 4 rings (SSSR count). The van der Waals surface area contributed by atoms with Gasteiger partial charge in [0, 0.05) is 37.5 Å². The first-order valence-corrected chi connectivity index (χ1v) is 11.0. The molecule has 0 saturated carbocycles. The summed E-state index contributed by atoms with van der Waals surface area (Å²) in [5.41, 5.74) is 1.36. The number of nitrogens with zero attached hydrogens (tertiary/aromatic N) is 3. The minimum absolute atomic E-state index is 0.0129. The van der Waals surface area contributed by atoms with E-state index in [2.05, 4.69) is 27.3 Å². The van der Waals surface area contributed by atoms with E-state index in [9.17, 15) is 18.4 Å². The number of fused-ring (bicyclic) bond motifs is 1. The molecule has 0 radical (unpaired) electrons. The maximum atomic E-state index is 14.6. The number of hydrogen-bond donors (Lipinski definition) is 2. The second kappa shape index (κ2) is 10.1. The lowest BCUT2D eigenvalue weighted by Crippen LogP contribution is -2.43. The van der Waals surface area contributed by atoms with Crippen molar-refractivity contribution in [3.05, 3.63) is 63.4 Å². The minimum atomic E-state index is -1.07. The average molecular weight is 481 g/mol. The molecule has 176 valence electrons. The fourth-order valence-electron chi connectivity index (χ4n) is 4.09. The third-order valence-corrected chi connectivity index (χ3v) is 6.23. The van der Waals surface area contributed by atoms with Gasteiger partial charge < -0.3 is 15.3 Å². The molecule has 2 aliphatic heterocycles. The maximum Gasteiger partial charge on any atom is 0.182 e. The summed E-state index contributed by atoms with van der Waals surface area (Å²) in [6.45, 7) is 5.57. The summed E-state index contributed by atoms with van der Waals surface area (Å²) in [6.07, 6.45) is 0.287. The molecule has 0 spiro atoms. The van der Waals surface area contributed by atoms with Crippen LogP contribution in [0.25, 0.3) is 0 Å². The van der Waals surface area contributed by atoms with Crippen molar-refractivity contribution < 1.29 is 23.1 Å². The van der Waals surface area contributed by atoms with Crippen LogP contribution in [0.1, 0.15) is 23.6 Å². The molecule has 33 heavy (non-hydrogen) atoms. The second-order valence-electron chi connectivity index (χ2n) is 8.13. The molecule has 0 bridgehead atoms. The first-order chi connectivity index (χ1) is 15.9. The van der Waals surface area contributed by atoms with E-state index in [-0.39, 0.29) is 40.9 Å². The minimum Gasteiger partial charge on any atom is -0.411 e. The number of aliphatic imine (C=N–C) groups is 1. The van der Waals surface area contributed by atoms with Crippen LogP contribution < -0.4 is 5.32 Å². The predicted octanol–water partition coefficient (Wildman–Crippen LogP) is 4.27. The van der Waals surface area contributed by atoms with E-state index in [4.69, 9.17) is 16.3 Å². The Morgan fingerprint density at radius 2 is 1.97 bits per heavy atom. The van der Waals surface area contributed by atoms with Gasteiger partial charge in [-0.25, -0.2) is 13.2 Å². The molecule has 2 N–H and O–H groups in total. The lowest BCUT2D eigenvalue weighted by molar-refractivity contribution is 0.0221. The van der Waals surface area contributed by atoms with Crippen LogP contribution >= 0.6 is 11.6 Å². The third-order valence-electron chi connectivity index (χ3n) is 5.94. The number of nitrogens with one attached hydrogen (secondary N) is 1. The molecule has 1 saturated heterocycles. The molecule has 2 aliphatic rings. The van der Waals surface area contributed by atoms with Gasteiger partial charge in [-0.05, 0) is 36.2 Å². The average Bonchev–Trinajstić information content (AvgIpc) is 3.26. The maximum absolute atomic E-state index is 14.6. The molecule has 2 aromatic carbocycles. The van der Waals surface area contributed by atoms with Crippen LogP contribution in [-0.2, 0) is 17.6 Å². The number of anilines is 1. The highest BCUT2D eigenvalue weighted by Gasteiger charge is 2.28. The van der Waals surface area contributed by atoms with Crippen molar-refractivity contribution in [2.75, 3.05) is 38.2 Å². The largest absolute Gasteiger partial charge is 0.411 e. The van der Waals surface area contributed by atoms with Crippen LogP contribution in [0.3, 0.4) is 0 Å². The van der Waals surface area contributed by atoms with E-state index in [1.54, 1.807) is 0 Å². The van der Waals surface area contributed by atoms with Gasteiger partial charge in [0.05, 0.1) is 36.2 Å². The highest BCUT2D eigenvalue weighted by atomic mass is 35.5. The van der Waals surface area contributed by atoms with Crippen molar-refractivity contribution >= 4 is 28.8 Å². The van der Waals surface area contributed by atoms with E-state index in [1.165, 1.54) is 18.2 Å². The number of oxime groups is 1. The van der Waals surface area contributed by atoms with Crippen LogP contribution in [-0.4, -0.2) is 60.5 Å². The van der Waals surface area contributed by atoms with E-state index >= 15 is 0 Å². The number of amidine groups is 1. The van der Waals surface area contributed by atoms with Gasteiger partial charge in [-0.2, -0.15) is 0 Å². The Balaban J connectivity index is 1.57. The molecule has 2 heterocycles. The van der Waals surface area contributed by atoms with Crippen molar-refractivity contribution in [1.29, 1.82) is 0 Å². The summed E-state index contributed by atoms with van der Waals surface area (Å²) >= 11 is 5.84. The summed E-state index contributed by atoms with van der Waals surface area (Å²) in [7, 11) is 0. The SMILES string of the molecule is CC(CN=C1Cc2c(/C(Cc3ccc(F)c(Cl)c3)=N/O)cc(F)c(F)c2N1)N1CCOCC1. The summed E-state index contributed by atoms with van der Waals surface area (Å²) in [4.78, 5) is 6.86. The monoisotopic (exact) mass is 480 g/mol. The number of hydrogen-bond acceptors (Lipinski definition) is 5. The second-order valence-corrected chi connectivity index (χ2v) is 8.54. The van der Waals surface area contributed by atoms with Gasteiger partial charge in [-0.15, -0.1) is 0 Å². The molecule has 0 aromatic heterocycles. The van der Waals surface area contributed by atoms with Crippen LogP contribution in [0.4, 0.5) is 18.9 Å². The van der Waals surface area contributed by atoms with Gasteiger partial charge in [0.25, 0.3) is 0 Å². The number of morpholine rings is 1. The van der Waals surface area contributed by atoms with E-state index in [0.29, 0.717) is 36.7 Å². The predicted molar refractivity (Wildman–Crippen MR) is 121 cm³/mol. The van der Waals surface area contributed by atoms with Crippen molar-refractivity contribution in [2.24, 2.45) is 10.1 Å². The third kappa shape index (κ3) is 5.15. The van der Waals surface area contributed by atoms with Gasteiger partial charge in [-0.3, -0.25) is 9.89 Å². The molecule has 2 aromatic rings. The summed E-state index contributed by atoms with van der Waals surface area (Å²) < 4.78 is 47.8. The zero-order valence-electron chi connectivity index (χ0n) is 18.0. The number of halogens is 4. The van der Waals surface area contributed by atoms with Crippen molar-refractivity contribution in [3.8, 4) is 0 Å². The van der Waals surface area contributed by atoms with Crippen molar-refractivity contribution in [3.63, 3.8) is 0 Å². The van der Waals surface area contributed by atoms with Crippen molar-refractivity contribution in [1.82, 2.24) is 4.90 Å². The Labute approximate surface area is 194 Å². The summed E-state index contributed by atoms with van der Waals surface area (Å²) in [5.74, 6) is -2.15. The van der Waals surface area contributed by atoms with Crippen LogP contribution in [0.5, 0.6) is 0 Å². The van der Waals surface area contributed by atoms with E-state index in [1.807, 2.05) is 0 Å². The fraction of sp³-hybridized carbons (Fsp3) is 0.391. The normalized spacial score (nSPS) is 18.9. The molecule has 0 aliphatic carbocycles. The number of rotatable bonds is 6. The standard InChI is InChI=1S/C23H24ClF3N4O2/c1-13(31-4-6-33-7-5-31)12-28-21-11-16-15(10-19(26)22(27)23(16)29-21)20(30-32)9-14-2-3-18(25)17(24)8-14/h2-3,8,10,13,32H,4-7,9,11-12H2,1H3,(H,28,29)/b30-20+.